The molecule has 0 spiro atoms. The maximum Gasteiger partial charge on any atom is 0.326 e. The number of rotatable bonds is 8. The van der Waals surface area contributed by atoms with Crippen molar-refractivity contribution in [3.63, 3.8) is 0 Å². The Hall–Kier alpha value is -0.950. The molecule has 0 aliphatic rings. The summed E-state index contributed by atoms with van der Waals surface area (Å²) in [5.74, 6) is -0.334. The third kappa shape index (κ3) is 7.87. The highest BCUT2D eigenvalue weighted by molar-refractivity contribution is 7.98. The fraction of sp³-hybridized carbons (Fsp3) is 0.800. The van der Waals surface area contributed by atoms with E-state index in [-0.39, 0.29) is 6.04 Å². The normalized spacial score (nSPS) is 13.8. The molecular formula is C10H20N2O4S. The van der Waals surface area contributed by atoms with E-state index in [4.69, 9.17) is 9.84 Å². The number of carbonyl (C=O) groups is 2. The molecule has 0 bridgehead atoms. The summed E-state index contributed by atoms with van der Waals surface area (Å²) in [4.78, 5) is 22.3. The van der Waals surface area contributed by atoms with Gasteiger partial charge < -0.3 is 20.5 Å². The van der Waals surface area contributed by atoms with Gasteiger partial charge in [-0.15, -0.1) is 0 Å². The van der Waals surface area contributed by atoms with Crippen molar-refractivity contribution in [1.29, 1.82) is 0 Å². The fourth-order valence-electron chi connectivity index (χ4n) is 1.21. The summed E-state index contributed by atoms with van der Waals surface area (Å²) in [5, 5.41) is 13.9. The van der Waals surface area contributed by atoms with Crippen LogP contribution in [0.4, 0.5) is 4.79 Å². The van der Waals surface area contributed by atoms with Gasteiger partial charge in [-0.1, -0.05) is 0 Å². The summed E-state index contributed by atoms with van der Waals surface area (Å²) in [5.41, 5.74) is 0. The lowest BCUT2D eigenvalue weighted by Gasteiger charge is -2.17. The van der Waals surface area contributed by atoms with Gasteiger partial charge in [0, 0.05) is 7.11 Å². The number of aliphatic carboxylic acids is 1. The Morgan fingerprint density at radius 1 is 1.41 bits per heavy atom. The van der Waals surface area contributed by atoms with Crippen LogP contribution < -0.4 is 10.6 Å². The summed E-state index contributed by atoms with van der Waals surface area (Å²) in [6.45, 7) is 2.16. The molecule has 6 nitrogen and oxygen atoms in total. The van der Waals surface area contributed by atoms with Crippen LogP contribution in [0.1, 0.15) is 13.3 Å². The van der Waals surface area contributed by atoms with Gasteiger partial charge in [-0.05, 0) is 25.4 Å². The van der Waals surface area contributed by atoms with Crippen LogP contribution in [0.2, 0.25) is 0 Å². The molecule has 0 saturated carbocycles. The highest BCUT2D eigenvalue weighted by Crippen LogP contribution is 2.01. The smallest absolute Gasteiger partial charge is 0.326 e. The molecule has 3 N–H and O–H groups in total. The van der Waals surface area contributed by atoms with Crippen LogP contribution in [-0.4, -0.2) is 54.9 Å². The average molecular weight is 264 g/mol. The number of hydrogen-bond donors (Lipinski definition) is 3. The van der Waals surface area contributed by atoms with Gasteiger partial charge >= 0.3 is 12.0 Å². The lowest BCUT2D eigenvalue weighted by molar-refractivity contribution is -0.139. The molecule has 17 heavy (non-hydrogen) atoms. The summed E-state index contributed by atoms with van der Waals surface area (Å²) >= 11 is 1.54. The Balaban J connectivity index is 4.07. The first-order valence-electron chi connectivity index (χ1n) is 5.29. The Labute approximate surface area is 105 Å². The van der Waals surface area contributed by atoms with E-state index in [2.05, 4.69) is 10.6 Å². The van der Waals surface area contributed by atoms with Crippen LogP contribution in [0.25, 0.3) is 0 Å². The quantitative estimate of drug-likeness (QED) is 0.595. The van der Waals surface area contributed by atoms with Crippen LogP contribution in [-0.2, 0) is 9.53 Å². The minimum Gasteiger partial charge on any atom is -0.480 e. The summed E-state index contributed by atoms with van der Waals surface area (Å²) in [6, 6.07) is -1.49. The van der Waals surface area contributed by atoms with Gasteiger partial charge in [-0.2, -0.15) is 11.8 Å². The monoisotopic (exact) mass is 264 g/mol. The largest absolute Gasteiger partial charge is 0.480 e. The number of ether oxygens (including phenoxy) is 1. The fourth-order valence-corrected chi connectivity index (χ4v) is 1.68. The first-order chi connectivity index (χ1) is 8.01. The third-order valence-electron chi connectivity index (χ3n) is 2.01. The second-order valence-electron chi connectivity index (χ2n) is 3.65. The first kappa shape index (κ1) is 16.1. The standard InChI is InChI=1S/C10H20N2O4S/c1-7(6-16-2)11-10(15)12-8(9(13)14)4-5-17-3/h7-8H,4-6H2,1-3H3,(H,13,14)(H2,11,12,15). The van der Waals surface area contributed by atoms with Crippen LogP contribution in [0, 0.1) is 0 Å². The molecule has 0 aromatic carbocycles. The highest BCUT2D eigenvalue weighted by Gasteiger charge is 2.19. The predicted octanol–water partition coefficient (Wildman–Crippen LogP) is 0.527. The van der Waals surface area contributed by atoms with E-state index in [1.54, 1.807) is 18.7 Å². The molecular weight excluding hydrogens is 244 g/mol. The van der Waals surface area contributed by atoms with Crippen LogP contribution in [0.3, 0.4) is 0 Å². The minimum atomic E-state index is -1.02. The molecule has 0 aromatic rings. The van der Waals surface area contributed by atoms with Crippen molar-refractivity contribution in [2.24, 2.45) is 0 Å². The maximum absolute atomic E-state index is 11.5. The van der Waals surface area contributed by atoms with Gasteiger partial charge in [0.2, 0.25) is 0 Å². The van der Waals surface area contributed by atoms with Crippen molar-refractivity contribution in [3.8, 4) is 0 Å². The van der Waals surface area contributed by atoms with Gasteiger partial charge in [-0.25, -0.2) is 9.59 Å². The van der Waals surface area contributed by atoms with E-state index in [0.29, 0.717) is 18.8 Å². The van der Waals surface area contributed by atoms with Crippen molar-refractivity contribution in [2.75, 3.05) is 25.7 Å². The molecule has 0 rings (SSSR count). The Morgan fingerprint density at radius 2 is 2.06 bits per heavy atom. The number of urea groups is 1. The second kappa shape index (κ2) is 9.12. The van der Waals surface area contributed by atoms with Crippen molar-refractivity contribution in [1.82, 2.24) is 10.6 Å². The molecule has 7 heteroatoms. The molecule has 0 aromatic heterocycles. The second-order valence-corrected chi connectivity index (χ2v) is 4.63. The number of carboxylic acid groups (broad SMARTS) is 1. The van der Waals surface area contributed by atoms with E-state index >= 15 is 0 Å². The molecule has 0 aliphatic heterocycles. The number of carboxylic acids is 1. The number of thioether (sulfide) groups is 1. The maximum atomic E-state index is 11.5. The van der Waals surface area contributed by atoms with Crippen molar-refractivity contribution < 1.29 is 19.4 Å². The SMILES string of the molecule is COCC(C)NC(=O)NC(CCSC)C(=O)O. The first-order valence-corrected chi connectivity index (χ1v) is 6.68. The molecule has 0 heterocycles. The number of carbonyl (C=O) groups excluding carboxylic acids is 1. The van der Waals surface area contributed by atoms with Crippen molar-refractivity contribution >= 4 is 23.8 Å². The molecule has 2 unspecified atom stereocenters. The topological polar surface area (TPSA) is 87.7 Å². The summed E-state index contributed by atoms with van der Waals surface area (Å²) < 4.78 is 4.86. The molecule has 0 fully saturated rings. The average Bonchev–Trinajstić information content (AvgIpc) is 2.23. The molecule has 0 saturated heterocycles. The van der Waals surface area contributed by atoms with Crippen LogP contribution in [0.5, 0.6) is 0 Å². The zero-order valence-electron chi connectivity index (χ0n) is 10.4. The zero-order valence-corrected chi connectivity index (χ0v) is 11.2. The zero-order chi connectivity index (χ0) is 13.3. The lowest BCUT2D eigenvalue weighted by Crippen LogP contribution is -2.49. The summed E-state index contributed by atoms with van der Waals surface area (Å²) in [6.07, 6.45) is 2.29. The number of methoxy groups -OCH3 is 1. The Bertz CT molecular complexity index is 250. The van der Waals surface area contributed by atoms with E-state index in [1.807, 2.05) is 6.26 Å². The van der Waals surface area contributed by atoms with Crippen LogP contribution in [0.15, 0.2) is 0 Å². The predicted molar refractivity (Wildman–Crippen MR) is 67.4 cm³/mol. The minimum absolute atomic E-state index is 0.157. The number of nitrogens with one attached hydrogen (secondary N) is 2. The van der Waals surface area contributed by atoms with E-state index in [0.717, 1.165) is 0 Å². The van der Waals surface area contributed by atoms with Crippen molar-refractivity contribution in [3.05, 3.63) is 0 Å². The van der Waals surface area contributed by atoms with Gasteiger partial charge in [-0.3, -0.25) is 0 Å². The third-order valence-corrected chi connectivity index (χ3v) is 2.65. The van der Waals surface area contributed by atoms with Gasteiger partial charge in [0.05, 0.1) is 12.6 Å². The van der Waals surface area contributed by atoms with Gasteiger partial charge in [0.15, 0.2) is 0 Å². The van der Waals surface area contributed by atoms with E-state index < -0.39 is 18.0 Å². The van der Waals surface area contributed by atoms with Crippen LogP contribution >= 0.6 is 11.8 Å². The van der Waals surface area contributed by atoms with E-state index in [1.165, 1.54) is 7.11 Å². The molecule has 100 valence electrons. The molecule has 2 amide bonds. The van der Waals surface area contributed by atoms with E-state index in [9.17, 15) is 9.59 Å². The molecule has 0 radical (unpaired) electrons. The molecule has 0 aliphatic carbocycles. The van der Waals surface area contributed by atoms with Gasteiger partial charge in [0.1, 0.15) is 6.04 Å². The Morgan fingerprint density at radius 3 is 2.53 bits per heavy atom. The van der Waals surface area contributed by atoms with Gasteiger partial charge in [0.25, 0.3) is 0 Å². The molecule has 2 atom stereocenters. The number of amides is 2. The summed E-state index contributed by atoms with van der Waals surface area (Å²) in [7, 11) is 1.54. The highest BCUT2D eigenvalue weighted by atomic mass is 32.2. The van der Waals surface area contributed by atoms with Crippen molar-refractivity contribution in [2.45, 2.75) is 25.4 Å². The Kier molecular flexibility index (Phi) is 8.61. The number of hydrogen-bond acceptors (Lipinski definition) is 4. The lowest BCUT2D eigenvalue weighted by atomic mass is 10.2.